The van der Waals surface area contributed by atoms with E-state index in [0.717, 1.165) is 27.8 Å². The summed E-state index contributed by atoms with van der Waals surface area (Å²) in [4.78, 5) is 26.6. The lowest BCUT2D eigenvalue weighted by Gasteiger charge is -2.17. The van der Waals surface area contributed by atoms with E-state index < -0.39 is 0 Å². The van der Waals surface area contributed by atoms with E-state index in [1.54, 1.807) is 4.90 Å². The van der Waals surface area contributed by atoms with Crippen molar-refractivity contribution in [2.45, 2.75) is 19.8 Å². The Morgan fingerprint density at radius 1 is 1.25 bits per heavy atom. The first-order valence-corrected chi connectivity index (χ1v) is 8.82. The van der Waals surface area contributed by atoms with Crippen LogP contribution in [0.5, 0.6) is 0 Å². The highest BCUT2D eigenvalue weighted by atomic mass is 79.9. The maximum atomic E-state index is 12.6. The van der Waals surface area contributed by atoms with Crippen LogP contribution in [-0.4, -0.2) is 18.4 Å². The van der Waals surface area contributed by atoms with Gasteiger partial charge in [-0.05, 0) is 36.2 Å². The molecule has 3 rings (SSSR count). The molecule has 0 bridgehead atoms. The Morgan fingerprint density at radius 2 is 2.04 bits per heavy atom. The van der Waals surface area contributed by atoms with E-state index >= 15 is 0 Å². The van der Waals surface area contributed by atoms with E-state index in [-0.39, 0.29) is 24.2 Å². The molecule has 1 N–H and O–H groups in total. The number of halogens is 1. The molecule has 1 aliphatic rings. The summed E-state index contributed by atoms with van der Waals surface area (Å²) in [6, 6.07) is 15.3. The molecule has 1 atom stereocenters. The van der Waals surface area contributed by atoms with Crippen LogP contribution in [0.3, 0.4) is 0 Å². The number of benzene rings is 2. The fourth-order valence-corrected chi connectivity index (χ4v) is 3.35. The second kappa shape index (κ2) is 7.18. The number of hydrogen-bond donors (Lipinski definition) is 1. The molecule has 1 unspecified atom stereocenters. The number of para-hydroxylation sites is 1. The van der Waals surface area contributed by atoms with Crippen molar-refractivity contribution < 1.29 is 9.59 Å². The van der Waals surface area contributed by atoms with Gasteiger partial charge in [0.05, 0.1) is 5.92 Å². The van der Waals surface area contributed by atoms with Crippen molar-refractivity contribution >= 4 is 39.1 Å². The number of rotatable bonds is 4. The Morgan fingerprint density at radius 3 is 2.79 bits per heavy atom. The smallest absolute Gasteiger partial charge is 0.229 e. The second-order valence-electron chi connectivity index (χ2n) is 5.89. The Hall–Kier alpha value is -2.14. The molecule has 4 nitrogen and oxygen atoms in total. The van der Waals surface area contributed by atoms with Crippen LogP contribution in [0.2, 0.25) is 0 Å². The summed E-state index contributed by atoms with van der Waals surface area (Å²) in [6.07, 6.45) is 1.09. The molecule has 0 saturated carbocycles. The second-order valence-corrected chi connectivity index (χ2v) is 6.80. The molecule has 2 aromatic rings. The van der Waals surface area contributed by atoms with E-state index in [0.29, 0.717) is 6.54 Å². The lowest BCUT2D eigenvalue weighted by Crippen LogP contribution is -2.28. The molecular weight excluding hydrogens is 368 g/mol. The highest BCUT2D eigenvalue weighted by Gasteiger charge is 2.35. The van der Waals surface area contributed by atoms with E-state index in [1.807, 2.05) is 48.5 Å². The van der Waals surface area contributed by atoms with Gasteiger partial charge in [-0.3, -0.25) is 9.59 Å². The fourth-order valence-electron chi connectivity index (χ4n) is 2.96. The number of anilines is 2. The monoisotopic (exact) mass is 386 g/mol. The molecule has 0 aliphatic carbocycles. The van der Waals surface area contributed by atoms with Crippen LogP contribution < -0.4 is 10.2 Å². The van der Waals surface area contributed by atoms with Crippen LogP contribution in [0.15, 0.2) is 53.0 Å². The first-order valence-electron chi connectivity index (χ1n) is 8.03. The third kappa shape index (κ3) is 3.51. The fraction of sp³-hybridized carbons (Fsp3) is 0.263. The van der Waals surface area contributed by atoms with E-state index in [9.17, 15) is 9.59 Å². The van der Waals surface area contributed by atoms with Crippen LogP contribution in [-0.2, 0) is 16.0 Å². The largest absolute Gasteiger partial charge is 0.326 e. The van der Waals surface area contributed by atoms with Crippen molar-refractivity contribution in [3.8, 4) is 0 Å². The molecule has 2 amide bonds. The van der Waals surface area contributed by atoms with Crippen molar-refractivity contribution in [3.63, 3.8) is 0 Å². The van der Waals surface area contributed by atoms with Gasteiger partial charge in [0, 0.05) is 28.8 Å². The Bertz CT molecular complexity index is 775. The van der Waals surface area contributed by atoms with E-state index in [1.165, 1.54) is 0 Å². The topological polar surface area (TPSA) is 49.4 Å². The molecular formula is C19H19BrN2O2. The van der Waals surface area contributed by atoms with Gasteiger partial charge in [-0.15, -0.1) is 0 Å². The minimum absolute atomic E-state index is 0.0166. The van der Waals surface area contributed by atoms with Gasteiger partial charge in [0.15, 0.2) is 0 Å². The maximum absolute atomic E-state index is 12.6. The van der Waals surface area contributed by atoms with Gasteiger partial charge in [0.1, 0.15) is 0 Å². The summed E-state index contributed by atoms with van der Waals surface area (Å²) in [7, 11) is 0. The van der Waals surface area contributed by atoms with Gasteiger partial charge < -0.3 is 10.2 Å². The third-order valence-corrected chi connectivity index (χ3v) is 4.77. The molecule has 5 heteroatoms. The summed E-state index contributed by atoms with van der Waals surface area (Å²) in [5.74, 6) is -0.444. The lowest BCUT2D eigenvalue weighted by molar-refractivity contribution is -0.122. The van der Waals surface area contributed by atoms with Crippen LogP contribution in [0.25, 0.3) is 0 Å². The number of carbonyl (C=O) groups is 2. The summed E-state index contributed by atoms with van der Waals surface area (Å²) < 4.78 is 0.914. The molecule has 1 fully saturated rings. The zero-order chi connectivity index (χ0) is 17.1. The molecule has 124 valence electrons. The first-order chi connectivity index (χ1) is 11.6. The van der Waals surface area contributed by atoms with Gasteiger partial charge in [-0.2, -0.15) is 0 Å². The molecule has 1 saturated heterocycles. The number of amides is 2. The standard InChI is InChI=1S/C19H19BrN2O2/c1-2-13-6-3-4-9-17(13)21-19(24)14-10-18(23)22(12-14)16-8-5-7-15(20)11-16/h3-9,11,14H,2,10,12H2,1H3,(H,21,24). The minimum atomic E-state index is -0.332. The zero-order valence-electron chi connectivity index (χ0n) is 13.5. The molecule has 0 radical (unpaired) electrons. The van der Waals surface area contributed by atoms with E-state index in [2.05, 4.69) is 28.2 Å². The normalized spacial score (nSPS) is 17.2. The van der Waals surface area contributed by atoms with Crippen LogP contribution in [0.4, 0.5) is 11.4 Å². The minimum Gasteiger partial charge on any atom is -0.326 e. The molecule has 24 heavy (non-hydrogen) atoms. The number of nitrogens with zero attached hydrogens (tertiary/aromatic N) is 1. The van der Waals surface area contributed by atoms with Crippen molar-refractivity contribution in [3.05, 3.63) is 58.6 Å². The Labute approximate surface area is 150 Å². The predicted molar refractivity (Wildman–Crippen MR) is 99.1 cm³/mol. The Balaban J connectivity index is 1.72. The van der Waals surface area contributed by atoms with Crippen LogP contribution >= 0.6 is 15.9 Å². The van der Waals surface area contributed by atoms with Gasteiger partial charge >= 0.3 is 0 Å². The molecule has 0 aromatic heterocycles. The average Bonchev–Trinajstić information content (AvgIpc) is 2.97. The summed E-state index contributed by atoms with van der Waals surface area (Å²) in [6.45, 7) is 2.47. The first kappa shape index (κ1) is 16.7. The SMILES string of the molecule is CCc1ccccc1NC(=O)C1CC(=O)N(c2cccc(Br)c2)C1. The van der Waals surface area contributed by atoms with Crippen molar-refractivity contribution in [2.75, 3.05) is 16.8 Å². The summed E-state index contributed by atoms with van der Waals surface area (Å²) in [5.41, 5.74) is 2.75. The number of nitrogens with one attached hydrogen (secondary N) is 1. The summed E-state index contributed by atoms with van der Waals surface area (Å²) >= 11 is 3.42. The maximum Gasteiger partial charge on any atom is 0.229 e. The lowest BCUT2D eigenvalue weighted by atomic mass is 10.1. The van der Waals surface area contributed by atoms with Gasteiger partial charge in [-0.1, -0.05) is 47.1 Å². The number of aryl methyl sites for hydroxylation is 1. The van der Waals surface area contributed by atoms with Crippen molar-refractivity contribution in [1.29, 1.82) is 0 Å². The van der Waals surface area contributed by atoms with Crippen molar-refractivity contribution in [2.24, 2.45) is 5.92 Å². The van der Waals surface area contributed by atoms with Gasteiger partial charge in [0.2, 0.25) is 11.8 Å². The predicted octanol–water partition coefficient (Wildman–Crippen LogP) is 4.00. The number of carbonyl (C=O) groups excluding carboxylic acids is 2. The highest BCUT2D eigenvalue weighted by molar-refractivity contribution is 9.10. The third-order valence-electron chi connectivity index (χ3n) is 4.27. The Kier molecular flexibility index (Phi) is 5.00. The summed E-state index contributed by atoms with van der Waals surface area (Å²) in [5, 5.41) is 2.98. The van der Waals surface area contributed by atoms with Gasteiger partial charge in [0.25, 0.3) is 0 Å². The zero-order valence-corrected chi connectivity index (χ0v) is 15.0. The van der Waals surface area contributed by atoms with E-state index in [4.69, 9.17) is 0 Å². The number of hydrogen-bond acceptors (Lipinski definition) is 2. The van der Waals surface area contributed by atoms with Crippen molar-refractivity contribution in [1.82, 2.24) is 0 Å². The molecule has 0 spiro atoms. The highest BCUT2D eigenvalue weighted by Crippen LogP contribution is 2.28. The quantitative estimate of drug-likeness (QED) is 0.862. The molecule has 1 aliphatic heterocycles. The molecule has 1 heterocycles. The van der Waals surface area contributed by atoms with Crippen LogP contribution in [0.1, 0.15) is 18.9 Å². The van der Waals surface area contributed by atoms with Gasteiger partial charge in [-0.25, -0.2) is 0 Å². The molecule has 2 aromatic carbocycles. The average molecular weight is 387 g/mol. The van der Waals surface area contributed by atoms with Crippen LogP contribution in [0, 0.1) is 5.92 Å².